The van der Waals surface area contributed by atoms with Gasteiger partial charge in [-0.2, -0.15) is 0 Å². The summed E-state index contributed by atoms with van der Waals surface area (Å²) in [4.78, 5) is 28.8. The molecule has 4 rings (SSSR count). The zero-order valence-electron chi connectivity index (χ0n) is 18.2. The monoisotopic (exact) mass is 416 g/mol. The van der Waals surface area contributed by atoms with Gasteiger partial charge in [0.25, 0.3) is 11.5 Å². The standard InChI is InChI=1S/C26H28N2O3/c1-17(2)20-7-5-8-22(15-20)27-13-12-18(3)24(25(27)30)26(31)28(21-10-11-21)16-19-6-4-9-23(29)14-19/h4-9,12-15,17,21,29H,10-11,16H2,1-3H3. The second kappa shape index (κ2) is 8.42. The lowest BCUT2D eigenvalue weighted by Crippen LogP contribution is -2.38. The number of aromatic hydroxyl groups is 1. The van der Waals surface area contributed by atoms with Gasteiger partial charge in [-0.25, -0.2) is 0 Å². The molecule has 1 aliphatic carbocycles. The molecule has 1 saturated carbocycles. The van der Waals surface area contributed by atoms with Crippen molar-refractivity contribution in [3.63, 3.8) is 0 Å². The molecule has 5 nitrogen and oxygen atoms in total. The summed E-state index contributed by atoms with van der Waals surface area (Å²) in [6.07, 6.45) is 3.60. The Hall–Kier alpha value is -3.34. The maximum Gasteiger partial charge on any atom is 0.268 e. The predicted octanol–water partition coefficient (Wildman–Crippen LogP) is 4.78. The molecule has 1 fully saturated rings. The van der Waals surface area contributed by atoms with E-state index in [1.807, 2.05) is 43.3 Å². The molecule has 1 aromatic heterocycles. The Balaban J connectivity index is 1.73. The van der Waals surface area contributed by atoms with Crippen molar-refractivity contribution in [2.45, 2.75) is 52.1 Å². The first-order valence-electron chi connectivity index (χ1n) is 10.8. The smallest absolute Gasteiger partial charge is 0.268 e. The van der Waals surface area contributed by atoms with E-state index >= 15 is 0 Å². The van der Waals surface area contributed by atoms with E-state index in [2.05, 4.69) is 13.8 Å². The molecular formula is C26H28N2O3. The molecule has 0 aliphatic heterocycles. The molecule has 0 saturated heterocycles. The van der Waals surface area contributed by atoms with E-state index in [1.54, 1.807) is 33.9 Å². The fraction of sp³-hybridized carbons (Fsp3) is 0.308. The summed E-state index contributed by atoms with van der Waals surface area (Å²) >= 11 is 0. The van der Waals surface area contributed by atoms with Crippen LogP contribution in [0.5, 0.6) is 5.75 Å². The van der Waals surface area contributed by atoms with Crippen molar-refractivity contribution >= 4 is 5.91 Å². The highest BCUT2D eigenvalue weighted by Crippen LogP contribution is 2.30. The number of carbonyl (C=O) groups excluding carboxylic acids is 1. The summed E-state index contributed by atoms with van der Waals surface area (Å²) in [5.41, 5.74) is 3.33. The normalized spacial score (nSPS) is 13.4. The summed E-state index contributed by atoms with van der Waals surface area (Å²) in [6.45, 7) is 6.40. The van der Waals surface area contributed by atoms with Gasteiger partial charge in [0.2, 0.25) is 0 Å². The molecule has 0 spiro atoms. The third-order valence-electron chi connectivity index (χ3n) is 5.84. The van der Waals surface area contributed by atoms with Crippen LogP contribution in [0.4, 0.5) is 0 Å². The summed E-state index contributed by atoms with van der Waals surface area (Å²) < 4.78 is 1.56. The Labute approximate surface area is 182 Å². The van der Waals surface area contributed by atoms with Crippen LogP contribution in [0.1, 0.15) is 59.7 Å². The lowest BCUT2D eigenvalue weighted by atomic mass is 10.0. The van der Waals surface area contributed by atoms with Crippen LogP contribution in [0.25, 0.3) is 5.69 Å². The maximum absolute atomic E-state index is 13.6. The maximum atomic E-state index is 13.6. The van der Waals surface area contributed by atoms with Crippen molar-refractivity contribution in [2.24, 2.45) is 0 Å². The number of hydrogen-bond donors (Lipinski definition) is 1. The minimum atomic E-state index is -0.299. The van der Waals surface area contributed by atoms with Crippen LogP contribution in [0.3, 0.4) is 0 Å². The Morgan fingerprint density at radius 2 is 1.87 bits per heavy atom. The van der Waals surface area contributed by atoms with Gasteiger partial charge in [-0.15, -0.1) is 0 Å². The van der Waals surface area contributed by atoms with E-state index in [0.717, 1.165) is 29.7 Å². The number of phenolic OH excluding ortho intramolecular Hbond substituents is 1. The minimum absolute atomic E-state index is 0.131. The number of amides is 1. The molecule has 1 aliphatic rings. The van der Waals surface area contributed by atoms with Gasteiger partial charge < -0.3 is 10.0 Å². The highest BCUT2D eigenvalue weighted by Gasteiger charge is 2.35. The SMILES string of the molecule is Cc1ccn(-c2cccc(C(C)C)c2)c(=O)c1C(=O)N(Cc1cccc(O)c1)C1CC1. The molecule has 1 N–H and O–H groups in total. The molecule has 0 unspecified atom stereocenters. The summed E-state index contributed by atoms with van der Waals surface area (Å²) in [5.74, 6) is 0.265. The summed E-state index contributed by atoms with van der Waals surface area (Å²) in [6, 6.07) is 16.8. The molecule has 31 heavy (non-hydrogen) atoms. The van der Waals surface area contributed by atoms with Gasteiger partial charge in [0.15, 0.2) is 0 Å². The first-order chi connectivity index (χ1) is 14.8. The average Bonchev–Trinajstić information content (AvgIpc) is 3.57. The number of carbonyl (C=O) groups is 1. The zero-order valence-corrected chi connectivity index (χ0v) is 18.2. The number of rotatable bonds is 6. The van der Waals surface area contributed by atoms with Crippen molar-refractivity contribution < 1.29 is 9.90 Å². The van der Waals surface area contributed by atoms with E-state index in [1.165, 1.54) is 0 Å². The Morgan fingerprint density at radius 1 is 1.13 bits per heavy atom. The highest BCUT2D eigenvalue weighted by molar-refractivity contribution is 5.95. The van der Waals surface area contributed by atoms with E-state index in [9.17, 15) is 14.7 Å². The first kappa shape index (κ1) is 20.9. The fourth-order valence-electron chi connectivity index (χ4n) is 3.87. The Morgan fingerprint density at radius 3 is 2.55 bits per heavy atom. The quantitative estimate of drug-likeness (QED) is 0.629. The molecule has 0 bridgehead atoms. The Kier molecular flexibility index (Phi) is 5.68. The van der Waals surface area contributed by atoms with Gasteiger partial charge in [-0.05, 0) is 72.7 Å². The lowest BCUT2D eigenvalue weighted by Gasteiger charge is -2.24. The van der Waals surface area contributed by atoms with Crippen LogP contribution in [-0.4, -0.2) is 26.5 Å². The van der Waals surface area contributed by atoms with E-state index < -0.39 is 0 Å². The molecule has 2 aromatic carbocycles. The van der Waals surface area contributed by atoms with Crippen molar-refractivity contribution in [1.29, 1.82) is 0 Å². The number of aryl methyl sites for hydroxylation is 1. The molecule has 1 heterocycles. The van der Waals surface area contributed by atoms with Crippen molar-refractivity contribution in [3.8, 4) is 11.4 Å². The van der Waals surface area contributed by atoms with Crippen molar-refractivity contribution in [1.82, 2.24) is 9.47 Å². The third-order valence-corrected chi connectivity index (χ3v) is 5.84. The van der Waals surface area contributed by atoms with Crippen molar-refractivity contribution in [2.75, 3.05) is 0 Å². The zero-order chi connectivity index (χ0) is 22.1. The van der Waals surface area contributed by atoms with Crippen molar-refractivity contribution in [3.05, 3.63) is 93.4 Å². The topological polar surface area (TPSA) is 62.5 Å². The molecule has 1 amide bonds. The van der Waals surface area contributed by atoms with Crippen LogP contribution in [0.15, 0.2) is 65.6 Å². The van der Waals surface area contributed by atoms with E-state index in [4.69, 9.17) is 0 Å². The summed E-state index contributed by atoms with van der Waals surface area (Å²) in [7, 11) is 0. The molecule has 160 valence electrons. The van der Waals surface area contributed by atoms with E-state index in [-0.39, 0.29) is 28.8 Å². The van der Waals surface area contributed by atoms with Gasteiger partial charge in [0, 0.05) is 24.5 Å². The van der Waals surface area contributed by atoms with Crippen LogP contribution < -0.4 is 5.56 Å². The van der Waals surface area contributed by atoms with Gasteiger partial charge >= 0.3 is 0 Å². The van der Waals surface area contributed by atoms with Gasteiger partial charge in [0.1, 0.15) is 11.3 Å². The predicted molar refractivity (Wildman–Crippen MR) is 122 cm³/mol. The second-order valence-electron chi connectivity index (χ2n) is 8.63. The van der Waals surface area contributed by atoms with Crippen LogP contribution in [0, 0.1) is 6.92 Å². The van der Waals surface area contributed by atoms with Gasteiger partial charge in [-0.1, -0.05) is 38.1 Å². The molecule has 3 aromatic rings. The molecule has 0 radical (unpaired) electrons. The lowest BCUT2D eigenvalue weighted by molar-refractivity contribution is 0.0726. The second-order valence-corrected chi connectivity index (χ2v) is 8.63. The number of pyridine rings is 1. The minimum Gasteiger partial charge on any atom is -0.508 e. The number of aromatic nitrogens is 1. The molecular weight excluding hydrogens is 388 g/mol. The van der Waals surface area contributed by atoms with Gasteiger partial charge in [0.05, 0.1) is 0 Å². The van der Waals surface area contributed by atoms with Crippen LogP contribution in [-0.2, 0) is 6.54 Å². The average molecular weight is 417 g/mol. The number of hydrogen-bond acceptors (Lipinski definition) is 3. The summed E-state index contributed by atoms with van der Waals surface area (Å²) in [5, 5.41) is 9.79. The number of benzene rings is 2. The number of nitrogens with zero attached hydrogens (tertiary/aromatic N) is 2. The number of phenols is 1. The fourth-order valence-corrected chi connectivity index (χ4v) is 3.87. The van der Waals surface area contributed by atoms with Crippen LogP contribution >= 0.6 is 0 Å². The van der Waals surface area contributed by atoms with E-state index in [0.29, 0.717) is 18.0 Å². The van der Waals surface area contributed by atoms with Gasteiger partial charge in [-0.3, -0.25) is 14.2 Å². The largest absolute Gasteiger partial charge is 0.508 e. The highest BCUT2D eigenvalue weighted by atomic mass is 16.3. The molecule has 5 heteroatoms. The molecule has 0 atom stereocenters. The first-order valence-corrected chi connectivity index (χ1v) is 10.8. The van der Waals surface area contributed by atoms with Crippen LogP contribution in [0.2, 0.25) is 0 Å². The Bertz CT molecular complexity index is 1180. The third kappa shape index (κ3) is 4.41.